The van der Waals surface area contributed by atoms with Gasteiger partial charge in [0.1, 0.15) is 12.4 Å². The molecule has 98 valence electrons. The molecule has 0 aliphatic heterocycles. The third kappa shape index (κ3) is 3.32. The SMILES string of the molecule is Nc1ccc(C(=O)OCc2ccccc2Br)cc1F. The molecule has 2 aromatic rings. The van der Waals surface area contributed by atoms with E-state index in [-0.39, 0.29) is 17.9 Å². The minimum Gasteiger partial charge on any atom is -0.457 e. The van der Waals surface area contributed by atoms with Gasteiger partial charge in [-0.1, -0.05) is 34.1 Å². The molecule has 0 atom stereocenters. The van der Waals surface area contributed by atoms with Gasteiger partial charge in [-0.3, -0.25) is 0 Å². The maximum Gasteiger partial charge on any atom is 0.338 e. The standard InChI is InChI=1S/C14H11BrFNO2/c15-11-4-2-1-3-10(11)8-19-14(18)9-5-6-13(17)12(16)7-9/h1-7H,8,17H2. The van der Waals surface area contributed by atoms with Gasteiger partial charge in [0.05, 0.1) is 11.3 Å². The van der Waals surface area contributed by atoms with Crippen LogP contribution < -0.4 is 5.73 Å². The molecule has 0 saturated carbocycles. The number of hydrogen-bond donors (Lipinski definition) is 1. The number of anilines is 1. The van der Waals surface area contributed by atoms with E-state index < -0.39 is 11.8 Å². The average molecular weight is 324 g/mol. The van der Waals surface area contributed by atoms with Crippen molar-refractivity contribution in [3.8, 4) is 0 Å². The lowest BCUT2D eigenvalue weighted by atomic mass is 10.2. The summed E-state index contributed by atoms with van der Waals surface area (Å²) in [6.07, 6.45) is 0. The normalized spacial score (nSPS) is 10.2. The Morgan fingerprint density at radius 1 is 1.26 bits per heavy atom. The van der Waals surface area contributed by atoms with E-state index >= 15 is 0 Å². The van der Waals surface area contributed by atoms with E-state index in [4.69, 9.17) is 10.5 Å². The van der Waals surface area contributed by atoms with Crippen LogP contribution in [0.2, 0.25) is 0 Å². The van der Waals surface area contributed by atoms with Crippen molar-refractivity contribution in [2.75, 3.05) is 5.73 Å². The van der Waals surface area contributed by atoms with Crippen LogP contribution in [0.25, 0.3) is 0 Å². The molecule has 5 heteroatoms. The quantitative estimate of drug-likeness (QED) is 0.694. The Kier molecular flexibility index (Phi) is 4.16. The Morgan fingerprint density at radius 2 is 2.00 bits per heavy atom. The molecule has 0 fully saturated rings. The van der Waals surface area contributed by atoms with Gasteiger partial charge < -0.3 is 10.5 Å². The monoisotopic (exact) mass is 323 g/mol. The molecular weight excluding hydrogens is 313 g/mol. The van der Waals surface area contributed by atoms with Crippen LogP contribution in [0.1, 0.15) is 15.9 Å². The number of carbonyl (C=O) groups excluding carboxylic acids is 1. The zero-order valence-corrected chi connectivity index (χ0v) is 11.5. The van der Waals surface area contributed by atoms with Crippen molar-refractivity contribution in [3.63, 3.8) is 0 Å². The second-order valence-corrected chi connectivity index (χ2v) is 4.76. The first-order chi connectivity index (χ1) is 9.08. The summed E-state index contributed by atoms with van der Waals surface area (Å²) in [5.41, 5.74) is 6.32. The molecule has 0 aromatic heterocycles. The molecular formula is C14H11BrFNO2. The molecule has 0 aliphatic rings. The lowest BCUT2D eigenvalue weighted by molar-refractivity contribution is 0.0471. The highest BCUT2D eigenvalue weighted by molar-refractivity contribution is 9.10. The summed E-state index contributed by atoms with van der Waals surface area (Å²) in [5, 5.41) is 0. The summed E-state index contributed by atoms with van der Waals surface area (Å²) in [6.45, 7) is 0.117. The highest BCUT2D eigenvalue weighted by Gasteiger charge is 2.10. The molecule has 0 amide bonds. The maximum absolute atomic E-state index is 13.2. The summed E-state index contributed by atoms with van der Waals surface area (Å²) in [7, 11) is 0. The highest BCUT2D eigenvalue weighted by Crippen LogP contribution is 2.18. The van der Waals surface area contributed by atoms with Crippen molar-refractivity contribution in [1.29, 1.82) is 0 Å². The van der Waals surface area contributed by atoms with Crippen molar-refractivity contribution < 1.29 is 13.9 Å². The molecule has 0 aliphatic carbocycles. The number of nitrogens with two attached hydrogens (primary N) is 1. The van der Waals surface area contributed by atoms with Gasteiger partial charge in [-0.25, -0.2) is 9.18 Å². The number of hydrogen-bond acceptors (Lipinski definition) is 3. The molecule has 0 bridgehead atoms. The van der Waals surface area contributed by atoms with E-state index in [2.05, 4.69) is 15.9 Å². The van der Waals surface area contributed by atoms with E-state index in [1.165, 1.54) is 12.1 Å². The topological polar surface area (TPSA) is 52.3 Å². The van der Waals surface area contributed by atoms with E-state index in [1.54, 1.807) is 0 Å². The molecule has 2 aromatic carbocycles. The Balaban J connectivity index is 2.05. The van der Waals surface area contributed by atoms with Crippen molar-refractivity contribution in [1.82, 2.24) is 0 Å². The van der Waals surface area contributed by atoms with Crippen LogP contribution in [-0.2, 0) is 11.3 Å². The molecule has 0 radical (unpaired) electrons. The predicted molar refractivity (Wildman–Crippen MR) is 74.1 cm³/mol. The van der Waals surface area contributed by atoms with Crippen molar-refractivity contribution in [2.45, 2.75) is 6.61 Å². The van der Waals surface area contributed by atoms with Crippen LogP contribution in [0.15, 0.2) is 46.9 Å². The first-order valence-corrected chi connectivity index (χ1v) is 6.33. The number of benzene rings is 2. The van der Waals surface area contributed by atoms with Gasteiger partial charge in [0, 0.05) is 10.0 Å². The lowest BCUT2D eigenvalue weighted by Crippen LogP contribution is -2.06. The summed E-state index contributed by atoms with van der Waals surface area (Å²) in [4.78, 5) is 11.7. The van der Waals surface area contributed by atoms with Gasteiger partial charge in [0.2, 0.25) is 0 Å². The molecule has 2 N–H and O–H groups in total. The highest BCUT2D eigenvalue weighted by atomic mass is 79.9. The van der Waals surface area contributed by atoms with Crippen LogP contribution in [0.5, 0.6) is 0 Å². The molecule has 0 spiro atoms. The molecule has 19 heavy (non-hydrogen) atoms. The summed E-state index contributed by atoms with van der Waals surface area (Å²) in [6, 6.07) is 11.2. The molecule has 0 saturated heterocycles. The lowest BCUT2D eigenvalue weighted by Gasteiger charge is -2.07. The number of nitrogen functional groups attached to an aromatic ring is 1. The maximum atomic E-state index is 13.2. The smallest absolute Gasteiger partial charge is 0.338 e. The minimum atomic E-state index is -0.629. The Morgan fingerprint density at radius 3 is 2.68 bits per heavy atom. The molecule has 2 rings (SSSR count). The Hall–Kier alpha value is -1.88. The summed E-state index contributed by atoms with van der Waals surface area (Å²) in [5.74, 6) is -1.22. The first kappa shape index (κ1) is 13.5. The second kappa shape index (κ2) is 5.84. The van der Waals surface area contributed by atoms with Crippen LogP contribution >= 0.6 is 15.9 Å². The zero-order valence-electron chi connectivity index (χ0n) is 9.90. The van der Waals surface area contributed by atoms with Gasteiger partial charge in [-0.15, -0.1) is 0 Å². The first-order valence-electron chi connectivity index (χ1n) is 5.53. The largest absolute Gasteiger partial charge is 0.457 e. The third-order valence-electron chi connectivity index (χ3n) is 2.55. The molecule has 0 unspecified atom stereocenters. The van der Waals surface area contributed by atoms with Gasteiger partial charge in [-0.2, -0.15) is 0 Å². The third-order valence-corrected chi connectivity index (χ3v) is 3.33. The number of rotatable bonds is 3. The average Bonchev–Trinajstić information content (AvgIpc) is 2.40. The van der Waals surface area contributed by atoms with Crippen molar-refractivity contribution >= 4 is 27.6 Å². The van der Waals surface area contributed by atoms with E-state index in [0.29, 0.717) is 0 Å². The van der Waals surface area contributed by atoms with E-state index in [9.17, 15) is 9.18 Å². The van der Waals surface area contributed by atoms with Gasteiger partial charge in [0.15, 0.2) is 0 Å². The fourth-order valence-corrected chi connectivity index (χ4v) is 1.90. The van der Waals surface area contributed by atoms with Gasteiger partial charge in [0.25, 0.3) is 0 Å². The van der Waals surface area contributed by atoms with Crippen molar-refractivity contribution in [3.05, 3.63) is 63.9 Å². The Labute approximate surface area is 118 Å². The summed E-state index contributed by atoms with van der Waals surface area (Å²) >= 11 is 3.36. The van der Waals surface area contributed by atoms with E-state index in [0.717, 1.165) is 16.1 Å². The minimum absolute atomic E-state index is 0.00218. The van der Waals surface area contributed by atoms with Gasteiger partial charge in [-0.05, 0) is 24.3 Å². The molecule has 0 heterocycles. The number of halogens is 2. The fourth-order valence-electron chi connectivity index (χ4n) is 1.50. The molecule has 3 nitrogen and oxygen atoms in total. The van der Waals surface area contributed by atoms with Crippen LogP contribution in [-0.4, -0.2) is 5.97 Å². The van der Waals surface area contributed by atoms with Crippen molar-refractivity contribution in [2.24, 2.45) is 0 Å². The van der Waals surface area contributed by atoms with E-state index in [1.807, 2.05) is 24.3 Å². The second-order valence-electron chi connectivity index (χ2n) is 3.90. The number of carbonyl (C=O) groups is 1. The van der Waals surface area contributed by atoms with Gasteiger partial charge >= 0.3 is 5.97 Å². The predicted octanol–water partition coefficient (Wildman–Crippen LogP) is 3.53. The summed E-state index contributed by atoms with van der Waals surface area (Å²) < 4.78 is 19.2. The van der Waals surface area contributed by atoms with Crippen LogP contribution in [0, 0.1) is 5.82 Å². The Bertz CT molecular complexity index is 616. The van der Waals surface area contributed by atoms with Crippen LogP contribution in [0.3, 0.4) is 0 Å². The number of esters is 1. The fraction of sp³-hybridized carbons (Fsp3) is 0.0714. The number of ether oxygens (including phenoxy) is 1. The van der Waals surface area contributed by atoms with Crippen LogP contribution in [0.4, 0.5) is 10.1 Å². The zero-order chi connectivity index (χ0) is 13.8.